The minimum atomic E-state index is -2.49. The van der Waals surface area contributed by atoms with Gasteiger partial charge in [-0.25, -0.2) is 13.6 Å². The quantitative estimate of drug-likeness (QED) is 0.776. The Morgan fingerprint density at radius 3 is 2.32 bits per heavy atom. The molecular weight excluding hydrogens is 328 g/mol. The number of carbonyl (C=O) groups is 1. The first-order valence-corrected chi connectivity index (χ1v) is 9.76. The molecule has 3 fully saturated rings. The summed E-state index contributed by atoms with van der Waals surface area (Å²) >= 11 is 0. The highest BCUT2D eigenvalue weighted by Gasteiger charge is 2.41. The van der Waals surface area contributed by atoms with Gasteiger partial charge in [-0.15, -0.1) is 0 Å². The molecule has 0 aromatic rings. The van der Waals surface area contributed by atoms with E-state index in [1.807, 2.05) is 16.7 Å². The molecule has 144 valence electrons. The van der Waals surface area contributed by atoms with Crippen LogP contribution in [-0.2, 0) is 4.74 Å². The van der Waals surface area contributed by atoms with Crippen molar-refractivity contribution in [3.63, 3.8) is 0 Å². The number of amides is 1. The number of hydrogen-bond donors (Lipinski definition) is 0. The summed E-state index contributed by atoms with van der Waals surface area (Å²) in [5, 5.41) is 0. The maximum absolute atomic E-state index is 13.4. The van der Waals surface area contributed by atoms with Crippen LogP contribution in [0.2, 0.25) is 0 Å². The molecule has 3 aliphatic heterocycles. The molecule has 0 N–H and O–H groups in total. The first kappa shape index (κ1) is 18.8. The third-order valence-electron chi connectivity index (χ3n) is 5.95. The van der Waals surface area contributed by atoms with Crippen molar-refractivity contribution in [2.45, 2.75) is 63.5 Å². The van der Waals surface area contributed by atoms with E-state index in [-0.39, 0.29) is 19.1 Å². The Morgan fingerprint density at radius 2 is 1.68 bits per heavy atom. The third-order valence-corrected chi connectivity index (χ3v) is 5.95. The van der Waals surface area contributed by atoms with Crippen molar-refractivity contribution >= 4 is 6.09 Å². The van der Waals surface area contributed by atoms with E-state index in [4.69, 9.17) is 4.74 Å². The predicted octanol–water partition coefficient (Wildman–Crippen LogP) is 2.80. The van der Waals surface area contributed by atoms with Crippen molar-refractivity contribution < 1.29 is 18.3 Å². The normalized spacial score (nSPS) is 29.6. The number of halogens is 2. The molecule has 5 nitrogen and oxygen atoms in total. The fraction of sp³-hybridized carbons (Fsp3) is 0.944. The average molecular weight is 359 g/mol. The van der Waals surface area contributed by atoms with Crippen LogP contribution in [0.4, 0.5) is 13.6 Å². The highest BCUT2D eigenvalue weighted by molar-refractivity contribution is 5.67. The lowest BCUT2D eigenvalue weighted by atomic mass is 9.99. The minimum absolute atomic E-state index is 0.0134. The fourth-order valence-electron chi connectivity index (χ4n) is 4.53. The summed E-state index contributed by atoms with van der Waals surface area (Å²) in [4.78, 5) is 18.2. The minimum Gasteiger partial charge on any atom is -0.450 e. The average Bonchev–Trinajstić information content (AvgIpc) is 2.81. The van der Waals surface area contributed by atoms with E-state index >= 15 is 0 Å². The Balaban J connectivity index is 1.44. The van der Waals surface area contributed by atoms with Crippen LogP contribution in [0.3, 0.4) is 0 Å². The number of likely N-dealkylation sites (tertiary alicyclic amines) is 3. The Hall–Kier alpha value is -0.950. The predicted molar refractivity (Wildman–Crippen MR) is 92.0 cm³/mol. The molecule has 0 bridgehead atoms. The van der Waals surface area contributed by atoms with Crippen molar-refractivity contribution in [1.29, 1.82) is 0 Å². The number of carbonyl (C=O) groups excluding carboxylic acids is 1. The zero-order valence-electron chi connectivity index (χ0n) is 15.3. The summed E-state index contributed by atoms with van der Waals surface area (Å²) in [5.41, 5.74) is 0. The molecule has 0 radical (unpaired) electrons. The molecule has 3 heterocycles. The molecule has 25 heavy (non-hydrogen) atoms. The summed E-state index contributed by atoms with van der Waals surface area (Å²) in [6, 6.07) is 0.812. The molecule has 7 heteroatoms. The largest absolute Gasteiger partial charge is 0.450 e. The van der Waals surface area contributed by atoms with Gasteiger partial charge in [0.2, 0.25) is 0 Å². The second kappa shape index (κ2) is 8.16. The van der Waals surface area contributed by atoms with Crippen LogP contribution in [0.5, 0.6) is 0 Å². The molecular formula is C18H31F2N3O2. The Bertz CT molecular complexity index is 456. The molecule has 3 aliphatic rings. The number of nitrogens with zero attached hydrogens (tertiary/aromatic N) is 3. The van der Waals surface area contributed by atoms with Gasteiger partial charge in [-0.05, 0) is 52.1 Å². The zero-order valence-corrected chi connectivity index (χ0v) is 15.3. The summed E-state index contributed by atoms with van der Waals surface area (Å²) in [5.74, 6) is -2.49. The second-order valence-electron chi connectivity index (χ2n) is 7.61. The van der Waals surface area contributed by atoms with Crippen LogP contribution in [0, 0.1) is 0 Å². The van der Waals surface area contributed by atoms with Gasteiger partial charge in [-0.2, -0.15) is 0 Å². The number of ether oxygens (including phenoxy) is 1. The zero-order chi connectivity index (χ0) is 17.9. The van der Waals surface area contributed by atoms with Gasteiger partial charge in [-0.1, -0.05) is 0 Å². The van der Waals surface area contributed by atoms with Crippen molar-refractivity contribution in [3.05, 3.63) is 0 Å². The number of piperidine rings is 1. The van der Waals surface area contributed by atoms with Gasteiger partial charge in [-0.3, -0.25) is 4.90 Å². The molecule has 0 spiro atoms. The van der Waals surface area contributed by atoms with Gasteiger partial charge in [0.25, 0.3) is 5.92 Å². The van der Waals surface area contributed by atoms with Crippen LogP contribution >= 0.6 is 0 Å². The highest BCUT2D eigenvalue weighted by atomic mass is 19.3. The van der Waals surface area contributed by atoms with E-state index in [1.165, 1.54) is 0 Å². The van der Waals surface area contributed by atoms with E-state index in [1.54, 1.807) is 0 Å². The number of alkyl halides is 2. The van der Waals surface area contributed by atoms with E-state index in [9.17, 15) is 13.6 Å². The Morgan fingerprint density at radius 1 is 1.00 bits per heavy atom. The van der Waals surface area contributed by atoms with E-state index in [0.29, 0.717) is 25.2 Å². The standard InChI is InChI=1S/C18H31F2N3O2/c1-2-25-17(24)22-9-3-4-15(7-12-22)21-10-5-16(6-11-21)23-13-8-18(19,20)14-23/h15-16H,2-14H2,1H3. The van der Waals surface area contributed by atoms with Gasteiger partial charge in [0.15, 0.2) is 0 Å². The second-order valence-corrected chi connectivity index (χ2v) is 7.61. The topological polar surface area (TPSA) is 36.0 Å². The van der Waals surface area contributed by atoms with Crippen LogP contribution in [0.25, 0.3) is 0 Å². The third kappa shape index (κ3) is 4.82. The molecule has 0 aliphatic carbocycles. The van der Waals surface area contributed by atoms with Crippen LogP contribution in [0.15, 0.2) is 0 Å². The lowest BCUT2D eigenvalue weighted by Gasteiger charge is -2.40. The Labute approximate surface area is 149 Å². The molecule has 1 amide bonds. The summed E-state index contributed by atoms with van der Waals surface area (Å²) in [6.07, 6.45) is 4.86. The van der Waals surface area contributed by atoms with Crippen molar-refractivity contribution in [3.8, 4) is 0 Å². The van der Waals surface area contributed by atoms with Gasteiger partial charge in [0.1, 0.15) is 0 Å². The fourth-order valence-corrected chi connectivity index (χ4v) is 4.53. The highest BCUT2D eigenvalue weighted by Crippen LogP contribution is 2.31. The first-order chi connectivity index (χ1) is 12.0. The van der Waals surface area contributed by atoms with Crippen molar-refractivity contribution in [1.82, 2.24) is 14.7 Å². The van der Waals surface area contributed by atoms with Gasteiger partial charge >= 0.3 is 6.09 Å². The van der Waals surface area contributed by atoms with Gasteiger partial charge < -0.3 is 14.5 Å². The van der Waals surface area contributed by atoms with E-state index in [0.717, 1.165) is 58.3 Å². The maximum Gasteiger partial charge on any atom is 0.409 e. The molecule has 3 rings (SSSR count). The van der Waals surface area contributed by atoms with Crippen LogP contribution in [0.1, 0.15) is 45.4 Å². The first-order valence-electron chi connectivity index (χ1n) is 9.76. The number of hydrogen-bond acceptors (Lipinski definition) is 4. The van der Waals surface area contributed by atoms with Crippen LogP contribution in [-0.4, -0.2) is 84.7 Å². The molecule has 0 aromatic carbocycles. The molecule has 3 saturated heterocycles. The lowest BCUT2D eigenvalue weighted by molar-refractivity contribution is 0.00146. The van der Waals surface area contributed by atoms with Gasteiger partial charge in [0, 0.05) is 38.1 Å². The van der Waals surface area contributed by atoms with E-state index < -0.39 is 5.92 Å². The van der Waals surface area contributed by atoms with Crippen LogP contribution < -0.4 is 0 Å². The number of rotatable bonds is 3. The smallest absolute Gasteiger partial charge is 0.409 e. The van der Waals surface area contributed by atoms with Crippen molar-refractivity contribution in [2.24, 2.45) is 0 Å². The van der Waals surface area contributed by atoms with Crippen molar-refractivity contribution in [2.75, 3.05) is 45.9 Å². The van der Waals surface area contributed by atoms with Gasteiger partial charge in [0.05, 0.1) is 13.2 Å². The Kier molecular flexibility index (Phi) is 6.15. The molecule has 0 saturated carbocycles. The van der Waals surface area contributed by atoms with E-state index in [2.05, 4.69) is 4.90 Å². The summed E-state index contributed by atoms with van der Waals surface area (Å²) in [7, 11) is 0. The monoisotopic (exact) mass is 359 g/mol. The maximum atomic E-state index is 13.4. The molecule has 1 unspecified atom stereocenters. The molecule has 0 aromatic heterocycles. The summed E-state index contributed by atoms with van der Waals surface area (Å²) < 4.78 is 32.0. The SMILES string of the molecule is CCOC(=O)N1CCCC(N2CCC(N3CCC(F)(F)C3)CC2)CC1. The summed E-state index contributed by atoms with van der Waals surface area (Å²) in [6.45, 7) is 6.22. The lowest BCUT2D eigenvalue weighted by Crippen LogP contribution is -2.48. The molecule has 1 atom stereocenters.